The molecule has 1 aliphatic rings. The fourth-order valence-corrected chi connectivity index (χ4v) is 6.64. The van der Waals surface area contributed by atoms with E-state index in [2.05, 4.69) is 45.5 Å². The van der Waals surface area contributed by atoms with Gasteiger partial charge in [0.1, 0.15) is 4.83 Å². The molecule has 162 valence electrons. The van der Waals surface area contributed by atoms with E-state index in [1.54, 1.807) is 39.8 Å². The monoisotopic (exact) mass is 474 g/mol. The summed E-state index contributed by atoms with van der Waals surface area (Å²) < 4.78 is 3.71. The third-order valence-corrected chi connectivity index (χ3v) is 7.85. The summed E-state index contributed by atoms with van der Waals surface area (Å²) in [5.74, 6) is 1.42. The maximum atomic E-state index is 13.8. The van der Waals surface area contributed by atoms with E-state index >= 15 is 0 Å². The van der Waals surface area contributed by atoms with Gasteiger partial charge in [-0.15, -0.1) is 21.5 Å². The number of thioether (sulfide) groups is 1. The zero-order valence-electron chi connectivity index (χ0n) is 17.6. The SMILES string of the molecule is CN(C)CCSc1nnc2n(-c3cccc(Cl)c3)c(=O)c3c4c(sc3n12)CN(C)CC4. The predicted octanol–water partition coefficient (Wildman–Crippen LogP) is 3.39. The van der Waals surface area contributed by atoms with Crippen molar-refractivity contribution in [3.63, 3.8) is 0 Å². The zero-order valence-corrected chi connectivity index (χ0v) is 20.0. The number of aromatic nitrogens is 4. The van der Waals surface area contributed by atoms with Crippen molar-refractivity contribution in [3.05, 3.63) is 50.1 Å². The Morgan fingerprint density at radius 3 is 2.90 bits per heavy atom. The summed E-state index contributed by atoms with van der Waals surface area (Å²) in [6, 6.07) is 7.35. The van der Waals surface area contributed by atoms with Crippen LogP contribution in [0.4, 0.5) is 0 Å². The van der Waals surface area contributed by atoms with E-state index in [1.807, 2.05) is 12.1 Å². The first-order valence-electron chi connectivity index (χ1n) is 10.1. The first-order valence-corrected chi connectivity index (χ1v) is 12.3. The molecule has 7 nitrogen and oxygen atoms in total. The van der Waals surface area contributed by atoms with Crippen LogP contribution < -0.4 is 5.56 Å². The lowest BCUT2D eigenvalue weighted by atomic mass is 10.1. The Morgan fingerprint density at radius 2 is 2.13 bits per heavy atom. The molecule has 1 aliphatic heterocycles. The van der Waals surface area contributed by atoms with Crippen LogP contribution in [0.5, 0.6) is 0 Å². The minimum Gasteiger partial charge on any atom is -0.309 e. The fraction of sp³-hybridized carbons (Fsp3) is 0.381. The second-order valence-electron chi connectivity index (χ2n) is 8.06. The first-order chi connectivity index (χ1) is 14.9. The number of hydrogen-bond donors (Lipinski definition) is 0. The van der Waals surface area contributed by atoms with E-state index < -0.39 is 0 Å². The summed E-state index contributed by atoms with van der Waals surface area (Å²) in [7, 11) is 6.23. The number of halogens is 1. The van der Waals surface area contributed by atoms with Crippen molar-refractivity contribution in [2.75, 3.05) is 40.0 Å². The zero-order chi connectivity index (χ0) is 21.7. The molecule has 5 rings (SSSR count). The largest absolute Gasteiger partial charge is 0.309 e. The summed E-state index contributed by atoms with van der Waals surface area (Å²) in [6.07, 6.45) is 0.868. The van der Waals surface area contributed by atoms with Gasteiger partial charge in [0.05, 0.1) is 11.1 Å². The van der Waals surface area contributed by atoms with Crippen LogP contribution in [0, 0.1) is 0 Å². The van der Waals surface area contributed by atoms with Crippen LogP contribution in [-0.2, 0) is 13.0 Å². The molecule has 0 radical (unpaired) electrons. The predicted molar refractivity (Wildman–Crippen MR) is 128 cm³/mol. The van der Waals surface area contributed by atoms with Gasteiger partial charge < -0.3 is 9.80 Å². The van der Waals surface area contributed by atoms with Crippen molar-refractivity contribution in [1.29, 1.82) is 0 Å². The molecule has 0 atom stereocenters. The Kier molecular flexibility index (Phi) is 5.56. The van der Waals surface area contributed by atoms with Crippen LogP contribution in [0.1, 0.15) is 10.4 Å². The van der Waals surface area contributed by atoms with Crippen LogP contribution in [0.25, 0.3) is 21.7 Å². The standard InChI is InChI=1S/C21H23ClN6OS2/c1-25(2)9-10-30-21-24-23-20-27(14-6-4-5-13(22)11-14)18(29)17-15-7-8-26(3)12-16(15)31-19(17)28(20)21/h4-6,11H,7-10,12H2,1-3H3. The molecule has 31 heavy (non-hydrogen) atoms. The highest BCUT2D eigenvalue weighted by atomic mass is 35.5. The smallest absolute Gasteiger partial charge is 0.268 e. The van der Waals surface area contributed by atoms with Gasteiger partial charge in [-0.25, -0.2) is 8.97 Å². The van der Waals surface area contributed by atoms with Gasteiger partial charge >= 0.3 is 0 Å². The van der Waals surface area contributed by atoms with E-state index in [9.17, 15) is 4.79 Å². The van der Waals surface area contributed by atoms with E-state index in [0.29, 0.717) is 16.5 Å². The normalized spacial score (nSPS) is 14.7. The Hall–Kier alpha value is -1.91. The highest BCUT2D eigenvalue weighted by Gasteiger charge is 2.26. The van der Waals surface area contributed by atoms with Crippen molar-refractivity contribution in [2.45, 2.75) is 18.1 Å². The van der Waals surface area contributed by atoms with Crippen LogP contribution in [-0.4, -0.2) is 69.0 Å². The van der Waals surface area contributed by atoms with Gasteiger partial charge in [-0.05, 0) is 51.3 Å². The summed E-state index contributed by atoms with van der Waals surface area (Å²) in [4.78, 5) is 20.4. The Bertz CT molecular complexity index is 1340. The molecule has 0 bridgehead atoms. The van der Waals surface area contributed by atoms with Gasteiger partial charge in [-0.2, -0.15) is 0 Å². The Labute approximate surface area is 193 Å². The lowest BCUT2D eigenvalue weighted by Gasteiger charge is -2.21. The molecule has 0 amide bonds. The maximum Gasteiger partial charge on any atom is 0.268 e. The van der Waals surface area contributed by atoms with Crippen molar-refractivity contribution in [2.24, 2.45) is 0 Å². The third-order valence-electron chi connectivity index (χ3n) is 5.50. The molecule has 0 saturated heterocycles. The van der Waals surface area contributed by atoms with Crippen LogP contribution in [0.15, 0.2) is 34.2 Å². The van der Waals surface area contributed by atoms with Crippen molar-refractivity contribution in [3.8, 4) is 5.69 Å². The Morgan fingerprint density at radius 1 is 1.29 bits per heavy atom. The van der Waals surface area contributed by atoms with Crippen molar-refractivity contribution < 1.29 is 0 Å². The average Bonchev–Trinajstić information content (AvgIpc) is 3.29. The van der Waals surface area contributed by atoms with E-state index in [0.717, 1.165) is 47.2 Å². The lowest BCUT2D eigenvalue weighted by Crippen LogP contribution is -2.27. The van der Waals surface area contributed by atoms with Gasteiger partial charge in [0.25, 0.3) is 5.56 Å². The molecule has 0 N–H and O–H groups in total. The number of likely N-dealkylation sites (N-methyl/N-ethyl adjacent to an activating group) is 1. The lowest BCUT2D eigenvalue weighted by molar-refractivity contribution is 0.318. The van der Waals surface area contributed by atoms with Crippen molar-refractivity contribution in [1.82, 2.24) is 29.0 Å². The summed E-state index contributed by atoms with van der Waals surface area (Å²) in [6.45, 7) is 2.74. The second kappa shape index (κ2) is 8.22. The maximum absolute atomic E-state index is 13.8. The topological polar surface area (TPSA) is 58.7 Å². The number of thiophene rings is 1. The molecule has 0 unspecified atom stereocenters. The van der Waals surface area contributed by atoms with Gasteiger partial charge in [-0.1, -0.05) is 29.4 Å². The van der Waals surface area contributed by atoms with Crippen LogP contribution in [0.2, 0.25) is 5.02 Å². The average molecular weight is 475 g/mol. The summed E-state index contributed by atoms with van der Waals surface area (Å²) in [5.41, 5.74) is 1.82. The summed E-state index contributed by atoms with van der Waals surface area (Å²) in [5, 5.41) is 11.1. The molecule has 1 aromatic carbocycles. The van der Waals surface area contributed by atoms with Gasteiger partial charge in [0.15, 0.2) is 5.16 Å². The molecule has 0 saturated carbocycles. The van der Waals surface area contributed by atoms with Gasteiger partial charge in [-0.3, -0.25) is 4.79 Å². The van der Waals surface area contributed by atoms with Crippen LogP contribution in [0.3, 0.4) is 0 Å². The molecule has 10 heteroatoms. The second-order valence-corrected chi connectivity index (χ2v) is 10.6. The van der Waals surface area contributed by atoms with Crippen molar-refractivity contribution >= 4 is 50.7 Å². The van der Waals surface area contributed by atoms with E-state index in [1.165, 1.54) is 10.4 Å². The molecule has 0 spiro atoms. The van der Waals surface area contributed by atoms with Crippen LogP contribution >= 0.6 is 34.7 Å². The minimum atomic E-state index is -0.0518. The molecule has 0 aliphatic carbocycles. The minimum absolute atomic E-state index is 0.0518. The number of benzene rings is 1. The molecular formula is C21H23ClN6OS2. The highest BCUT2D eigenvalue weighted by Crippen LogP contribution is 2.35. The van der Waals surface area contributed by atoms with E-state index in [4.69, 9.17) is 11.6 Å². The first kappa shape index (κ1) is 21.0. The molecule has 4 heterocycles. The highest BCUT2D eigenvalue weighted by molar-refractivity contribution is 7.99. The molecular weight excluding hydrogens is 452 g/mol. The third kappa shape index (κ3) is 3.68. The Balaban J connectivity index is 1.81. The molecule has 0 fully saturated rings. The molecule has 4 aromatic rings. The number of nitrogens with zero attached hydrogens (tertiary/aromatic N) is 6. The quantitative estimate of drug-likeness (QED) is 0.413. The van der Waals surface area contributed by atoms with E-state index in [-0.39, 0.29) is 5.56 Å². The van der Waals surface area contributed by atoms with Gasteiger partial charge in [0.2, 0.25) is 5.78 Å². The summed E-state index contributed by atoms with van der Waals surface area (Å²) >= 11 is 9.61. The number of rotatable bonds is 5. The number of fused-ring (bicyclic) bond motifs is 5. The number of hydrogen-bond acceptors (Lipinski definition) is 7. The fourth-order valence-electron chi connectivity index (χ4n) is 3.94. The van der Waals surface area contributed by atoms with Gasteiger partial charge in [0, 0.05) is 35.3 Å². The molecule has 3 aromatic heterocycles.